The minimum absolute atomic E-state index is 0.420. The van der Waals surface area contributed by atoms with Crippen LogP contribution in [0.4, 0.5) is 0 Å². The van der Waals surface area contributed by atoms with Gasteiger partial charge in [-0.05, 0) is 61.2 Å². The molecule has 1 aromatic carbocycles. The van der Waals surface area contributed by atoms with Crippen molar-refractivity contribution in [3.8, 4) is 5.75 Å². The predicted molar refractivity (Wildman–Crippen MR) is 105 cm³/mol. The van der Waals surface area contributed by atoms with Gasteiger partial charge in [-0.25, -0.2) is 8.42 Å². The van der Waals surface area contributed by atoms with Crippen LogP contribution in [0.2, 0.25) is 0 Å². The summed E-state index contributed by atoms with van der Waals surface area (Å²) < 4.78 is 33.6. The maximum absolute atomic E-state index is 13.3. The molecule has 7 heteroatoms. The molecule has 1 fully saturated rings. The Kier molecular flexibility index (Phi) is 5.83. The van der Waals surface area contributed by atoms with Crippen molar-refractivity contribution in [1.82, 2.24) is 14.2 Å². The van der Waals surface area contributed by atoms with Crippen LogP contribution in [0.3, 0.4) is 0 Å². The maximum atomic E-state index is 13.3. The average molecular weight is 390 g/mol. The average Bonchev–Trinajstić information content (AvgIpc) is 2.66. The zero-order valence-electron chi connectivity index (χ0n) is 16.4. The molecule has 6 nitrogen and oxygen atoms in total. The molecule has 0 unspecified atom stereocenters. The number of methoxy groups -OCH3 is 1. The van der Waals surface area contributed by atoms with Crippen molar-refractivity contribution in [1.29, 1.82) is 0 Å². The molecule has 0 atom stereocenters. The number of nitrogens with zero attached hydrogens (tertiary/aromatic N) is 3. The monoisotopic (exact) mass is 389 g/mol. The van der Waals surface area contributed by atoms with Gasteiger partial charge in [0.2, 0.25) is 10.0 Å². The van der Waals surface area contributed by atoms with Crippen LogP contribution in [-0.2, 0) is 16.6 Å². The van der Waals surface area contributed by atoms with Crippen LogP contribution < -0.4 is 4.74 Å². The zero-order valence-corrected chi connectivity index (χ0v) is 17.2. The van der Waals surface area contributed by atoms with Gasteiger partial charge in [0.25, 0.3) is 0 Å². The highest BCUT2D eigenvalue weighted by Gasteiger charge is 2.31. The molecule has 3 rings (SSSR count). The Balaban J connectivity index is 1.77. The van der Waals surface area contributed by atoms with Crippen molar-refractivity contribution in [2.45, 2.75) is 32.2 Å². The van der Waals surface area contributed by atoms with E-state index in [2.05, 4.69) is 9.88 Å². The number of hydrogen-bond donors (Lipinski definition) is 0. The van der Waals surface area contributed by atoms with E-state index in [0.717, 1.165) is 42.1 Å². The van der Waals surface area contributed by atoms with E-state index in [9.17, 15) is 8.42 Å². The number of rotatable bonds is 5. The highest BCUT2D eigenvalue weighted by atomic mass is 32.2. The molecule has 0 bridgehead atoms. The molecule has 0 spiro atoms. The lowest BCUT2D eigenvalue weighted by atomic mass is 10.1. The first kappa shape index (κ1) is 19.8. The van der Waals surface area contributed by atoms with Gasteiger partial charge < -0.3 is 4.74 Å². The second-order valence-electron chi connectivity index (χ2n) is 7.01. The van der Waals surface area contributed by atoms with Gasteiger partial charge in [0.15, 0.2) is 0 Å². The van der Waals surface area contributed by atoms with Crippen molar-refractivity contribution >= 4 is 10.0 Å². The molecule has 146 valence electrons. The molecular formula is C20H27N3O3S. The molecule has 0 amide bonds. The molecule has 27 heavy (non-hydrogen) atoms. The van der Waals surface area contributed by atoms with Crippen molar-refractivity contribution in [2.24, 2.45) is 0 Å². The first-order valence-corrected chi connectivity index (χ1v) is 10.5. The van der Waals surface area contributed by atoms with Crippen molar-refractivity contribution in [3.63, 3.8) is 0 Å². The molecule has 0 radical (unpaired) electrons. The summed E-state index contributed by atoms with van der Waals surface area (Å²) >= 11 is 0. The zero-order chi connectivity index (χ0) is 19.6. The van der Waals surface area contributed by atoms with E-state index >= 15 is 0 Å². The maximum Gasteiger partial charge on any atom is 0.243 e. The fourth-order valence-corrected chi connectivity index (χ4v) is 5.54. The molecule has 0 saturated carbocycles. The summed E-state index contributed by atoms with van der Waals surface area (Å²) in [5.41, 5.74) is 3.57. The second kappa shape index (κ2) is 7.96. The standard InChI is InChI=1S/C20H27N3O3S/c1-15-13-19(26-4)16(2)17(3)20(15)27(24,25)23-11-9-22(10-12-23)14-18-5-7-21-8-6-18/h5-8,13H,9-12,14H2,1-4H3. The summed E-state index contributed by atoms with van der Waals surface area (Å²) in [4.78, 5) is 6.74. The smallest absolute Gasteiger partial charge is 0.243 e. The van der Waals surface area contributed by atoms with E-state index in [1.807, 2.05) is 39.0 Å². The molecule has 0 aliphatic carbocycles. The number of benzene rings is 1. The molecular weight excluding hydrogens is 362 g/mol. The quantitative estimate of drug-likeness (QED) is 0.786. The van der Waals surface area contributed by atoms with E-state index < -0.39 is 10.0 Å². The van der Waals surface area contributed by atoms with E-state index in [-0.39, 0.29) is 0 Å². The van der Waals surface area contributed by atoms with E-state index in [0.29, 0.717) is 18.0 Å². The fraction of sp³-hybridized carbons (Fsp3) is 0.450. The lowest BCUT2D eigenvalue weighted by Gasteiger charge is -2.34. The summed E-state index contributed by atoms with van der Waals surface area (Å²) in [5, 5.41) is 0. The van der Waals surface area contributed by atoms with Crippen LogP contribution in [0, 0.1) is 20.8 Å². The summed E-state index contributed by atoms with van der Waals surface area (Å²) in [5.74, 6) is 0.728. The summed E-state index contributed by atoms with van der Waals surface area (Å²) in [6.45, 7) is 8.84. The first-order chi connectivity index (χ1) is 12.8. The largest absolute Gasteiger partial charge is 0.496 e. The summed E-state index contributed by atoms with van der Waals surface area (Å²) in [6, 6.07) is 5.81. The Morgan fingerprint density at radius 3 is 2.26 bits per heavy atom. The van der Waals surface area contributed by atoms with Crippen LogP contribution in [0.5, 0.6) is 5.75 Å². The van der Waals surface area contributed by atoms with Crippen molar-refractivity contribution in [2.75, 3.05) is 33.3 Å². The lowest BCUT2D eigenvalue weighted by Crippen LogP contribution is -2.48. The van der Waals surface area contributed by atoms with Gasteiger partial charge in [0, 0.05) is 45.1 Å². The molecule has 0 N–H and O–H groups in total. The van der Waals surface area contributed by atoms with Gasteiger partial charge in [0.05, 0.1) is 12.0 Å². The van der Waals surface area contributed by atoms with Crippen LogP contribution in [0.1, 0.15) is 22.3 Å². The van der Waals surface area contributed by atoms with Crippen LogP contribution in [0.25, 0.3) is 0 Å². The molecule has 2 heterocycles. The minimum Gasteiger partial charge on any atom is -0.496 e. The molecule has 1 aliphatic rings. The number of ether oxygens (including phenoxy) is 1. The highest BCUT2D eigenvalue weighted by molar-refractivity contribution is 7.89. The van der Waals surface area contributed by atoms with Gasteiger partial charge in [-0.2, -0.15) is 4.31 Å². The molecule has 1 aromatic heterocycles. The highest BCUT2D eigenvalue weighted by Crippen LogP contribution is 2.32. The van der Waals surface area contributed by atoms with Crippen molar-refractivity contribution in [3.05, 3.63) is 52.8 Å². The number of aromatic nitrogens is 1. The Morgan fingerprint density at radius 1 is 1.04 bits per heavy atom. The Bertz CT molecular complexity index is 906. The first-order valence-electron chi connectivity index (χ1n) is 9.10. The number of pyridine rings is 1. The number of hydrogen-bond acceptors (Lipinski definition) is 5. The second-order valence-corrected chi connectivity index (χ2v) is 8.89. The lowest BCUT2D eigenvalue weighted by molar-refractivity contribution is 0.181. The van der Waals surface area contributed by atoms with Gasteiger partial charge in [-0.15, -0.1) is 0 Å². The van der Waals surface area contributed by atoms with Gasteiger partial charge >= 0.3 is 0 Å². The van der Waals surface area contributed by atoms with Gasteiger partial charge in [0.1, 0.15) is 5.75 Å². The molecule has 1 saturated heterocycles. The molecule has 2 aromatic rings. The van der Waals surface area contributed by atoms with E-state index in [1.54, 1.807) is 23.8 Å². The Hall–Kier alpha value is -1.96. The Labute approximate surface area is 161 Å². The predicted octanol–water partition coefficient (Wildman–Crippen LogP) is 2.52. The van der Waals surface area contributed by atoms with Gasteiger partial charge in [-0.3, -0.25) is 9.88 Å². The van der Waals surface area contributed by atoms with Crippen molar-refractivity contribution < 1.29 is 13.2 Å². The number of piperazine rings is 1. The van der Waals surface area contributed by atoms with E-state index in [1.165, 1.54) is 5.56 Å². The van der Waals surface area contributed by atoms with Crippen LogP contribution in [-0.4, -0.2) is 55.9 Å². The number of aryl methyl sites for hydroxylation is 1. The van der Waals surface area contributed by atoms with Crippen LogP contribution in [0.15, 0.2) is 35.5 Å². The minimum atomic E-state index is -3.53. The van der Waals surface area contributed by atoms with E-state index in [4.69, 9.17) is 4.74 Å². The van der Waals surface area contributed by atoms with Gasteiger partial charge in [-0.1, -0.05) is 0 Å². The summed E-state index contributed by atoms with van der Waals surface area (Å²) in [7, 11) is -1.92. The fourth-order valence-electron chi connectivity index (χ4n) is 3.63. The normalized spacial score (nSPS) is 16.4. The third-order valence-corrected chi connectivity index (χ3v) is 7.47. The van der Waals surface area contributed by atoms with Crippen LogP contribution >= 0.6 is 0 Å². The third-order valence-electron chi connectivity index (χ3n) is 5.28. The Morgan fingerprint density at radius 2 is 1.67 bits per heavy atom. The molecule has 1 aliphatic heterocycles. The third kappa shape index (κ3) is 4.00. The number of sulfonamides is 1. The SMILES string of the molecule is COc1cc(C)c(S(=O)(=O)N2CCN(Cc3ccncc3)CC2)c(C)c1C. The summed E-state index contributed by atoms with van der Waals surface area (Å²) in [6.07, 6.45) is 3.57. The topological polar surface area (TPSA) is 62.7 Å².